The van der Waals surface area contributed by atoms with Crippen molar-refractivity contribution in [2.45, 2.75) is 44.7 Å². The third-order valence-electron chi connectivity index (χ3n) is 4.43. The molecule has 4 nitrogen and oxygen atoms in total. The average molecular weight is 359 g/mol. The summed E-state index contributed by atoms with van der Waals surface area (Å²) in [7, 11) is -3.59. The summed E-state index contributed by atoms with van der Waals surface area (Å²) in [5.74, 6) is -0.601. The van der Waals surface area contributed by atoms with Crippen LogP contribution in [0.2, 0.25) is 0 Å². The van der Waals surface area contributed by atoms with Gasteiger partial charge in [-0.3, -0.25) is 4.79 Å². The Bertz CT molecular complexity index is 844. The van der Waals surface area contributed by atoms with Crippen LogP contribution in [-0.2, 0) is 20.4 Å². The highest BCUT2D eigenvalue weighted by Gasteiger charge is 2.29. The van der Waals surface area contributed by atoms with Crippen LogP contribution < -0.4 is 5.32 Å². The largest absolute Gasteiger partial charge is 0.348 e. The Hall–Kier alpha value is -2.14. The lowest BCUT2D eigenvalue weighted by atomic mass is 10.1. The van der Waals surface area contributed by atoms with Gasteiger partial charge in [0.05, 0.1) is 11.8 Å². The molecule has 0 aliphatic heterocycles. The second kappa shape index (κ2) is 7.83. The van der Waals surface area contributed by atoms with Gasteiger partial charge in [-0.1, -0.05) is 54.1 Å². The zero-order valence-electron chi connectivity index (χ0n) is 15.1. The van der Waals surface area contributed by atoms with Crippen LogP contribution in [0.5, 0.6) is 0 Å². The van der Waals surface area contributed by atoms with Crippen LogP contribution in [0.1, 0.15) is 42.1 Å². The van der Waals surface area contributed by atoms with Crippen molar-refractivity contribution in [3.05, 3.63) is 70.8 Å². The van der Waals surface area contributed by atoms with Crippen molar-refractivity contribution < 1.29 is 13.2 Å². The Balaban J connectivity index is 2.10. The van der Waals surface area contributed by atoms with Gasteiger partial charge in [-0.15, -0.1) is 0 Å². The summed E-state index contributed by atoms with van der Waals surface area (Å²) in [6, 6.07) is 15.0. The van der Waals surface area contributed by atoms with Crippen LogP contribution in [0, 0.1) is 13.8 Å². The van der Waals surface area contributed by atoms with Crippen LogP contribution in [-0.4, -0.2) is 19.6 Å². The molecule has 1 amide bonds. The molecule has 1 N–H and O–H groups in total. The van der Waals surface area contributed by atoms with Gasteiger partial charge < -0.3 is 5.32 Å². The molecule has 5 heteroatoms. The molecule has 0 fully saturated rings. The number of carbonyl (C=O) groups is 1. The van der Waals surface area contributed by atoms with E-state index in [-0.39, 0.29) is 11.8 Å². The number of carbonyl (C=O) groups excluding carboxylic acids is 1. The molecule has 0 radical (unpaired) electrons. The first kappa shape index (κ1) is 19.2. The fourth-order valence-corrected chi connectivity index (χ4v) is 4.01. The zero-order chi connectivity index (χ0) is 18.6. The van der Waals surface area contributed by atoms with E-state index in [1.165, 1.54) is 6.92 Å². The van der Waals surface area contributed by atoms with Crippen LogP contribution in [0.25, 0.3) is 0 Å². The maximum atomic E-state index is 12.7. The monoisotopic (exact) mass is 359 g/mol. The summed E-state index contributed by atoms with van der Waals surface area (Å²) in [6.07, 6.45) is 0. The van der Waals surface area contributed by atoms with Gasteiger partial charge in [0.2, 0.25) is 5.91 Å². The Morgan fingerprint density at radius 3 is 2.32 bits per heavy atom. The molecule has 2 rings (SSSR count). The molecular formula is C20H25NO3S. The average Bonchev–Trinajstić information content (AvgIpc) is 2.57. The van der Waals surface area contributed by atoms with E-state index >= 15 is 0 Å². The van der Waals surface area contributed by atoms with Crippen LogP contribution in [0.3, 0.4) is 0 Å². The standard InChI is InChI=1S/C20H25NO3S/c1-14-10-11-15(2)19(12-14)13-25(23,24)17(4)20(22)21-16(3)18-8-6-5-7-9-18/h5-12,16-17H,13H2,1-4H3,(H,21,22)/t16-,17+/m1/s1. The molecule has 0 aliphatic rings. The normalized spacial score (nSPS) is 13.9. The summed E-state index contributed by atoms with van der Waals surface area (Å²) in [6.45, 7) is 7.10. The topological polar surface area (TPSA) is 63.2 Å². The molecule has 2 atom stereocenters. The highest BCUT2D eigenvalue weighted by Crippen LogP contribution is 2.18. The summed E-state index contributed by atoms with van der Waals surface area (Å²) in [4.78, 5) is 12.4. The first-order chi connectivity index (χ1) is 11.7. The minimum absolute atomic E-state index is 0.130. The molecule has 0 bridgehead atoms. The van der Waals surface area contributed by atoms with E-state index in [1.807, 2.05) is 69.3 Å². The van der Waals surface area contributed by atoms with E-state index in [4.69, 9.17) is 0 Å². The summed E-state index contributed by atoms with van der Waals surface area (Å²) >= 11 is 0. The first-order valence-corrected chi connectivity index (χ1v) is 10.1. The van der Waals surface area contributed by atoms with Crippen LogP contribution in [0.4, 0.5) is 0 Å². The molecule has 134 valence electrons. The van der Waals surface area contributed by atoms with Crippen LogP contribution >= 0.6 is 0 Å². The van der Waals surface area contributed by atoms with Gasteiger partial charge in [-0.05, 0) is 44.4 Å². The Labute approximate surface area is 150 Å². The molecule has 0 aliphatic carbocycles. The van der Waals surface area contributed by atoms with Gasteiger partial charge in [0.1, 0.15) is 5.25 Å². The van der Waals surface area contributed by atoms with Crippen molar-refractivity contribution in [3.8, 4) is 0 Å². The number of hydrogen-bond donors (Lipinski definition) is 1. The summed E-state index contributed by atoms with van der Waals surface area (Å²) < 4.78 is 25.3. The van der Waals surface area contributed by atoms with Crippen molar-refractivity contribution in [2.24, 2.45) is 0 Å². The maximum absolute atomic E-state index is 12.7. The molecule has 25 heavy (non-hydrogen) atoms. The minimum Gasteiger partial charge on any atom is -0.348 e. The predicted octanol–water partition coefficient (Wildman–Crippen LogP) is 3.48. The third-order valence-corrected chi connectivity index (χ3v) is 6.43. The van der Waals surface area contributed by atoms with Gasteiger partial charge in [-0.2, -0.15) is 0 Å². The second-order valence-corrected chi connectivity index (χ2v) is 8.84. The number of amides is 1. The van der Waals surface area contributed by atoms with Crippen molar-refractivity contribution in [1.82, 2.24) is 5.32 Å². The van der Waals surface area contributed by atoms with E-state index in [0.717, 1.165) is 22.3 Å². The number of aryl methyl sites for hydroxylation is 2. The molecule has 0 saturated carbocycles. The highest BCUT2D eigenvalue weighted by atomic mass is 32.2. The predicted molar refractivity (Wildman–Crippen MR) is 101 cm³/mol. The van der Waals surface area contributed by atoms with E-state index in [9.17, 15) is 13.2 Å². The molecular weight excluding hydrogens is 334 g/mol. The van der Waals surface area contributed by atoms with Crippen molar-refractivity contribution in [1.29, 1.82) is 0 Å². The molecule has 0 heterocycles. The van der Waals surface area contributed by atoms with Gasteiger partial charge in [0.25, 0.3) is 0 Å². The van der Waals surface area contributed by atoms with E-state index in [1.54, 1.807) is 0 Å². The van der Waals surface area contributed by atoms with Gasteiger partial charge in [-0.25, -0.2) is 8.42 Å². The van der Waals surface area contributed by atoms with Crippen molar-refractivity contribution >= 4 is 15.7 Å². The van der Waals surface area contributed by atoms with Crippen molar-refractivity contribution in [2.75, 3.05) is 0 Å². The molecule has 0 unspecified atom stereocenters. The van der Waals surface area contributed by atoms with E-state index in [0.29, 0.717) is 0 Å². The SMILES string of the molecule is Cc1ccc(C)c(CS(=O)(=O)[C@@H](C)C(=O)N[C@H](C)c2ccccc2)c1. The van der Waals surface area contributed by atoms with Crippen molar-refractivity contribution in [3.63, 3.8) is 0 Å². The number of hydrogen-bond acceptors (Lipinski definition) is 3. The lowest BCUT2D eigenvalue weighted by Crippen LogP contribution is -2.39. The molecule has 2 aromatic carbocycles. The maximum Gasteiger partial charge on any atom is 0.238 e. The molecule has 0 spiro atoms. The quantitative estimate of drug-likeness (QED) is 0.859. The van der Waals surface area contributed by atoms with Gasteiger partial charge >= 0.3 is 0 Å². The fourth-order valence-electron chi connectivity index (χ4n) is 2.62. The summed E-state index contributed by atoms with van der Waals surface area (Å²) in [5.41, 5.74) is 3.61. The molecule has 0 saturated heterocycles. The number of rotatable bonds is 6. The Morgan fingerprint density at radius 2 is 1.68 bits per heavy atom. The Kier molecular flexibility index (Phi) is 6.01. The number of sulfone groups is 1. The highest BCUT2D eigenvalue weighted by molar-refractivity contribution is 7.92. The second-order valence-electron chi connectivity index (χ2n) is 6.52. The van der Waals surface area contributed by atoms with Gasteiger partial charge in [0.15, 0.2) is 9.84 Å². The van der Waals surface area contributed by atoms with Gasteiger partial charge in [0, 0.05) is 0 Å². The Morgan fingerprint density at radius 1 is 1.04 bits per heavy atom. The molecule has 2 aromatic rings. The number of benzene rings is 2. The zero-order valence-corrected chi connectivity index (χ0v) is 15.9. The first-order valence-electron chi connectivity index (χ1n) is 8.33. The lowest BCUT2D eigenvalue weighted by molar-refractivity contribution is -0.121. The summed E-state index contributed by atoms with van der Waals surface area (Å²) in [5, 5.41) is 1.70. The third kappa shape index (κ3) is 4.92. The number of nitrogens with one attached hydrogen (secondary N) is 1. The molecule has 0 aromatic heterocycles. The lowest BCUT2D eigenvalue weighted by Gasteiger charge is -2.19. The van der Waals surface area contributed by atoms with E-state index < -0.39 is 21.0 Å². The van der Waals surface area contributed by atoms with Crippen LogP contribution in [0.15, 0.2) is 48.5 Å². The minimum atomic E-state index is -3.59. The smallest absolute Gasteiger partial charge is 0.238 e. The fraction of sp³-hybridized carbons (Fsp3) is 0.350. The van der Waals surface area contributed by atoms with E-state index in [2.05, 4.69) is 5.32 Å².